The molecule has 0 aliphatic rings. The van der Waals surface area contributed by atoms with E-state index in [9.17, 15) is 0 Å². The molecular weight excluding hydrogens is 595 g/mol. The van der Waals surface area contributed by atoms with Crippen LogP contribution in [0.1, 0.15) is 0 Å². The van der Waals surface area contributed by atoms with E-state index in [1.165, 1.54) is 87.1 Å². The summed E-state index contributed by atoms with van der Waals surface area (Å²) in [6, 6.07) is 67.3. The van der Waals surface area contributed by atoms with Crippen molar-refractivity contribution in [3.8, 4) is 33.4 Å². The summed E-state index contributed by atoms with van der Waals surface area (Å²) in [6.07, 6.45) is 0. The lowest BCUT2D eigenvalue weighted by Crippen LogP contribution is -2.10. The van der Waals surface area contributed by atoms with Crippen molar-refractivity contribution in [2.75, 3.05) is 6.66 Å². The highest BCUT2D eigenvalue weighted by molar-refractivity contribution is 7.72. The van der Waals surface area contributed by atoms with Gasteiger partial charge in [-0.15, -0.1) is 0 Å². The second-order valence-corrected chi connectivity index (χ2v) is 14.8. The fourth-order valence-electron chi connectivity index (χ4n) is 7.36. The maximum Gasteiger partial charge on any atom is -0.00259 e. The average molecular weight is 629 g/mol. The molecule has 48 heavy (non-hydrogen) atoms. The molecule has 0 N–H and O–H groups in total. The highest BCUT2D eigenvalue weighted by atomic mass is 31.1. The molecule has 0 bridgehead atoms. The third-order valence-electron chi connectivity index (χ3n) is 9.81. The average Bonchev–Trinajstić information content (AvgIpc) is 3.16. The van der Waals surface area contributed by atoms with Crippen LogP contribution in [0.4, 0.5) is 0 Å². The SMILES string of the molecule is CP(c1ccccc1)c1cccc(-c2ccc3c(-c4ccc5ccccc5c4)c4ccccc4c(-c4ccc5ccccc5c4)c3c2)c1. The molecule has 0 saturated heterocycles. The molecule has 0 nitrogen and oxygen atoms in total. The molecule has 0 heterocycles. The van der Waals surface area contributed by atoms with Gasteiger partial charge < -0.3 is 0 Å². The van der Waals surface area contributed by atoms with Crippen LogP contribution in [0, 0.1) is 0 Å². The predicted molar refractivity (Wildman–Crippen MR) is 211 cm³/mol. The van der Waals surface area contributed by atoms with Crippen LogP contribution in [-0.2, 0) is 0 Å². The van der Waals surface area contributed by atoms with Crippen molar-refractivity contribution in [1.29, 1.82) is 0 Å². The topological polar surface area (TPSA) is 0 Å². The third kappa shape index (κ3) is 4.98. The predicted octanol–water partition coefficient (Wildman–Crippen LogP) is 12.4. The molecule has 0 aliphatic heterocycles. The van der Waals surface area contributed by atoms with Crippen molar-refractivity contribution in [3.63, 3.8) is 0 Å². The second kappa shape index (κ2) is 11.9. The van der Waals surface area contributed by atoms with E-state index >= 15 is 0 Å². The molecule has 9 rings (SSSR count). The molecule has 0 saturated carbocycles. The monoisotopic (exact) mass is 628 g/mol. The summed E-state index contributed by atoms with van der Waals surface area (Å²) in [6.45, 7) is 2.37. The number of fused-ring (bicyclic) bond motifs is 4. The van der Waals surface area contributed by atoms with Gasteiger partial charge in [-0.3, -0.25) is 0 Å². The second-order valence-electron chi connectivity index (χ2n) is 12.6. The van der Waals surface area contributed by atoms with Crippen molar-refractivity contribution >= 4 is 61.6 Å². The van der Waals surface area contributed by atoms with Gasteiger partial charge in [0, 0.05) is 0 Å². The molecule has 0 amide bonds. The fourth-order valence-corrected chi connectivity index (χ4v) is 8.92. The maximum atomic E-state index is 2.44. The van der Waals surface area contributed by atoms with Crippen LogP contribution in [-0.4, -0.2) is 6.66 Å². The zero-order chi connectivity index (χ0) is 32.0. The Morgan fingerprint density at radius 1 is 0.292 bits per heavy atom. The maximum absolute atomic E-state index is 2.44. The quantitative estimate of drug-likeness (QED) is 0.131. The Balaban J connectivity index is 1.32. The molecular formula is C47H33P. The summed E-state index contributed by atoms with van der Waals surface area (Å²) in [4.78, 5) is 0. The minimum Gasteiger partial charge on any atom is -0.0622 e. The Hall–Kier alpha value is -5.55. The van der Waals surface area contributed by atoms with Gasteiger partial charge in [-0.2, -0.15) is 0 Å². The first-order valence-corrected chi connectivity index (χ1v) is 18.4. The Morgan fingerprint density at radius 2 is 0.771 bits per heavy atom. The summed E-state index contributed by atoms with van der Waals surface area (Å²) in [5, 5.41) is 12.9. The van der Waals surface area contributed by atoms with E-state index in [4.69, 9.17) is 0 Å². The molecule has 9 aromatic rings. The molecule has 0 spiro atoms. The van der Waals surface area contributed by atoms with Crippen LogP contribution >= 0.6 is 7.92 Å². The van der Waals surface area contributed by atoms with Crippen molar-refractivity contribution < 1.29 is 0 Å². The first kappa shape index (κ1) is 28.7. The molecule has 226 valence electrons. The van der Waals surface area contributed by atoms with Crippen LogP contribution in [0.15, 0.2) is 182 Å². The van der Waals surface area contributed by atoms with Gasteiger partial charge in [0.05, 0.1) is 0 Å². The lowest BCUT2D eigenvalue weighted by molar-refractivity contribution is 1.65. The van der Waals surface area contributed by atoms with Gasteiger partial charge in [-0.05, 0) is 126 Å². The summed E-state index contributed by atoms with van der Waals surface area (Å²) in [5.41, 5.74) is 7.56. The third-order valence-corrected chi connectivity index (χ3v) is 11.9. The number of hydrogen-bond donors (Lipinski definition) is 0. The highest BCUT2D eigenvalue weighted by Crippen LogP contribution is 2.45. The molecule has 0 aromatic heterocycles. The summed E-state index contributed by atoms with van der Waals surface area (Å²) in [5.74, 6) is 0. The Kier molecular flexibility index (Phi) is 7.11. The number of rotatable bonds is 5. The first-order chi connectivity index (χ1) is 23.7. The van der Waals surface area contributed by atoms with Crippen molar-refractivity contribution in [2.45, 2.75) is 0 Å². The molecule has 0 radical (unpaired) electrons. The molecule has 0 fully saturated rings. The minimum atomic E-state index is -0.445. The summed E-state index contributed by atoms with van der Waals surface area (Å²) >= 11 is 0. The van der Waals surface area contributed by atoms with E-state index in [0.29, 0.717) is 0 Å². The van der Waals surface area contributed by atoms with Crippen molar-refractivity contribution in [1.82, 2.24) is 0 Å². The van der Waals surface area contributed by atoms with Crippen LogP contribution < -0.4 is 10.6 Å². The summed E-state index contributed by atoms with van der Waals surface area (Å²) in [7, 11) is -0.445. The van der Waals surface area contributed by atoms with Gasteiger partial charge >= 0.3 is 0 Å². The van der Waals surface area contributed by atoms with Gasteiger partial charge in [-0.25, -0.2) is 0 Å². The smallest absolute Gasteiger partial charge is 0.00259 e. The van der Waals surface area contributed by atoms with Gasteiger partial charge in [0.25, 0.3) is 0 Å². The van der Waals surface area contributed by atoms with Crippen molar-refractivity contribution in [2.24, 2.45) is 0 Å². The fraction of sp³-hybridized carbons (Fsp3) is 0.0213. The van der Waals surface area contributed by atoms with Crippen LogP contribution in [0.25, 0.3) is 76.5 Å². The molecule has 1 heteroatoms. The van der Waals surface area contributed by atoms with Crippen molar-refractivity contribution in [3.05, 3.63) is 182 Å². The Morgan fingerprint density at radius 3 is 1.42 bits per heavy atom. The molecule has 1 unspecified atom stereocenters. The minimum absolute atomic E-state index is 0.445. The lowest BCUT2D eigenvalue weighted by atomic mass is 9.84. The van der Waals surface area contributed by atoms with Gasteiger partial charge in [0.2, 0.25) is 0 Å². The molecule has 1 atom stereocenters. The number of hydrogen-bond acceptors (Lipinski definition) is 0. The zero-order valence-electron chi connectivity index (χ0n) is 26.8. The van der Waals surface area contributed by atoms with Gasteiger partial charge in [0.15, 0.2) is 0 Å². The molecule has 0 aliphatic carbocycles. The van der Waals surface area contributed by atoms with Crippen LogP contribution in [0.2, 0.25) is 0 Å². The first-order valence-electron chi connectivity index (χ1n) is 16.6. The summed E-state index contributed by atoms with van der Waals surface area (Å²) < 4.78 is 0. The normalized spacial score (nSPS) is 12.2. The lowest BCUT2D eigenvalue weighted by Gasteiger charge is -2.20. The van der Waals surface area contributed by atoms with Crippen LogP contribution in [0.3, 0.4) is 0 Å². The number of benzene rings is 9. The highest BCUT2D eigenvalue weighted by Gasteiger charge is 2.18. The van der Waals surface area contributed by atoms with E-state index in [-0.39, 0.29) is 0 Å². The standard InChI is InChI=1S/C47H33P/c1-48(40-17-3-2-4-18-40)41-19-11-16-36(30-41)37-26-27-44-45(31-37)47(39-25-23-33-13-6-8-15-35(33)29-39)43-21-10-9-20-42(43)46(44)38-24-22-32-12-5-7-14-34(32)28-38/h2-31H,1H3. The van der Waals surface area contributed by atoms with E-state index in [0.717, 1.165) is 0 Å². The van der Waals surface area contributed by atoms with E-state index in [1.807, 2.05) is 0 Å². The van der Waals surface area contributed by atoms with Gasteiger partial charge in [-0.1, -0.05) is 158 Å². The van der Waals surface area contributed by atoms with Crippen LogP contribution in [0.5, 0.6) is 0 Å². The van der Waals surface area contributed by atoms with E-state index in [1.54, 1.807) is 0 Å². The van der Waals surface area contributed by atoms with E-state index < -0.39 is 7.92 Å². The zero-order valence-corrected chi connectivity index (χ0v) is 27.7. The van der Waals surface area contributed by atoms with E-state index in [2.05, 4.69) is 189 Å². The Bertz CT molecular complexity index is 2630. The van der Waals surface area contributed by atoms with Gasteiger partial charge in [0.1, 0.15) is 0 Å². The Labute approximate surface area is 282 Å². The molecule has 9 aromatic carbocycles. The largest absolute Gasteiger partial charge is 0.0622 e.